The summed E-state index contributed by atoms with van der Waals surface area (Å²) in [4.78, 5) is 24.3. The van der Waals surface area contributed by atoms with E-state index >= 15 is 0 Å². The van der Waals surface area contributed by atoms with Gasteiger partial charge < -0.3 is 21.1 Å². The van der Waals surface area contributed by atoms with E-state index in [9.17, 15) is 9.59 Å². The van der Waals surface area contributed by atoms with Gasteiger partial charge in [-0.15, -0.1) is 11.8 Å². The first-order valence-electron chi connectivity index (χ1n) is 8.70. The Morgan fingerprint density at radius 1 is 1.04 bits per heavy atom. The molecule has 2 rings (SSSR count). The molecule has 0 saturated heterocycles. The molecule has 0 spiro atoms. The molecule has 7 heteroatoms. The van der Waals surface area contributed by atoms with Gasteiger partial charge in [0.15, 0.2) is 0 Å². The van der Waals surface area contributed by atoms with Crippen molar-refractivity contribution in [1.82, 2.24) is 0 Å². The molecule has 1 unspecified atom stereocenters. The van der Waals surface area contributed by atoms with Crippen LogP contribution < -0.4 is 21.1 Å². The SMILES string of the molecule is Cc1ccc(NC(=O)CSC(C)C(=O)Nc2ccc(OCCN)cc2)cc1. The number of carbonyl (C=O) groups excluding carboxylic acids is 2. The molecule has 0 aromatic heterocycles. The maximum absolute atomic E-state index is 12.3. The van der Waals surface area contributed by atoms with Gasteiger partial charge in [-0.2, -0.15) is 0 Å². The molecule has 0 aliphatic heterocycles. The zero-order valence-corrected chi connectivity index (χ0v) is 16.3. The van der Waals surface area contributed by atoms with Gasteiger partial charge >= 0.3 is 0 Å². The lowest BCUT2D eigenvalue weighted by atomic mass is 10.2. The van der Waals surface area contributed by atoms with E-state index in [0.29, 0.717) is 24.6 Å². The van der Waals surface area contributed by atoms with Gasteiger partial charge in [0.1, 0.15) is 12.4 Å². The molecule has 0 aliphatic carbocycles. The summed E-state index contributed by atoms with van der Waals surface area (Å²) in [6.07, 6.45) is 0. The number of benzene rings is 2. The Balaban J connectivity index is 1.76. The number of aryl methyl sites for hydroxylation is 1. The second-order valence-corrected chi connectivity index (χ2v) is 7.35. The average molecular weight is 388 g/mol. The Kier molecular flexibility index (Phi) is 8.16. The smallest absolute Gasteiger partial charge is 0.237 e. The predicted octanol–water partition coefficient (Wildman–Crippen LogP) is 3.03. The highest BCUT2D eigenvalue weighted by atomic mass is 32.2. The molecule has 0 saturated carbocycles. The summed E-state index contributed by atoms with van der Waals surface area (Å²) in [6, 6.07) is 14.7. The second kappa shape index (κ2) is 10.6. The fourth-order valence-electron chi connectivity index (χ4n) is 2.17. The number of carbonyl (C=O) groups is 2. The Hall–Kier alpha value is -2.51. The molecular formula is C20H25N3O3S. The molecule has 2 aromatic carbocycles. The van der Waals surface area contributed by atoms with Crippen LogP contribution in [-0.2, 0) is 9.59 Å². The van der Waals surface area contributed by atoms with E-state index in [4.69, 9.17) is 10.5 Å². The van der Waals surface area contributed by atoms with E-state index in [0.717, 1.165) is 11.3 Å². The van der Waals surface area contributed by atoms with Crippen molar-refractivity contribution in [3.8, 4) is 5.75 Å². The monoisotopic (exact) mass is 387 g/mol. The van der Waals surface area contributed by atoms with Crippen LogP contribution in [0.5, 0.6) is 5.75 Å². The molecule has 144 valence electrons. The summed E-state index contributed by atoms with van der Waals surface area (Å²) in [7, 11) is 0. The van der Waals surface area contributed by atoms with Crippen LogP contribution >= 0.6 is 11.8 Å². The number of rotatable bonds is 9. The van der Waals surface area contributed by atoms with Gasteiger partial charge in [0.05, 0.1) is 11.0 Å². The summed E-state index contributed by atoms with van der Waals surface area (Å²) >= 11 is 1.29. The standard InChI is InChI=1S/C20H25N3O3S/c1-14-3-5-16(6-4-14)22-19(24)13-27-15(2)20(25)23-17-7-9-18(10-8-17)26-12-11-21/h3-10,15H,11-13,21H2,1-2H3,(H,22,24)(H,23,25). The quantitative estimate of drug-likeness (QED) is 0.615. The molecule has 6 nitrogen and oxygen atoms in total. The highest BCUT2D eigenvalue weighted by Crippen LogP contribution is 2.18. The summed E-state index contributed by atoms with van der Waals surface area (Å²) in [5, 5.41) is 5.30. The van der Waals surface area contributed by atoms with Gasteiger partial charge in [-0.1, -0.05) is 17.7 Å². The molecule has 0 bridgehead atoms. The van der Waals surface area contributed by atoms with E-state index < -0.39 is 0 Å². The van der Waals surface area contributed by atoms with Crippen LogP contribution in [0.25, 0.3) is 0 Å². The van der Waals surface area contributed by atoms with E-state index in [2.05, 4.69) is 10.6 Å². The predicted molar refractivity (Wildman–Crippen MR) is 111 cm³/mol. The van der Waals surface area contributed by atoms with Crippen LogP contribution in [0, 0.1) is 6.92 Å². The van der Waals surface area contributed by atoms with Gasteiger partial charge in [-0.25, -0.2) is 0 Å². The number of anilines is 2. The molecule has 0 radical (unpaired) electrons. The van der Waals surface area contributed by atoms with Gasteiger partial charge in [0, 0.05) is 17.9 Å². The fourth-order valence-corrected chi connectivity index (χ4v) is 2.85. The lowest BCUT2D eigenvalue weighted by Crippen LogP contribution is -2.25. The topological polar surface area (TPSA) is 93.5 Å². The van der Waals surface area contributed by atoms with Crippen LogP contribution in [0.4, 0.5) is 11.4 Å². The molecule has 0 fully saturated rings. The van der Waals surface area contributed by atoms with E-state index in [-0.39, 0.29) is 22.8 Å². The highest BCUT2D eigenvalue weighted by Gasteiger charge is 2.15. The van der Waals surface area contributed by atoms with Crippen LogP contribution in [0.2, 0.25) is 0 Å². The largest absolute Gasteiger partial charge is 0.492 e. The van der Waals surface area contributed by atoms with Gasteiger partial charge in [0.2, 0.25) is 11.8 Å². The number of amides is 2. The maximum Gasteiger partial charge on any atom is 0.237 e. The number of nitrogens with two attached hydrogens (primary N) is 1. The van der Waals surface area contributed by atoms with Crippen LogP contribution in [0.1, 0.15) is 12.5 Å². The fraction of sp³-hybridized carbons (Fsp3) is 0.300. The first kappa shape index (κ1) is 20.8. The number of hydrogen-bond acceptors (Lipinski definition) is 5. The zero-order valence-electron chi connectivity index (χ0n) is 15.5. The van der Waals surface area contributed by atoms with Crippen molar-refractivity contribution in [2.45, 2.75) is 19.1 Å². The summed E-state index contributed by atoms with van der Waals surface area (Å²) in [5.74, 6) is 0.617. The highest BCUT2D eigenvalue weighted by molar-refractivity contribution is 8.01. The Morgan fingerprint density at radius 3 is 2.26 bits per heavy atom. The molecule has 4 N–H and O–H groups in total. The molecule has 2 amide bonds. The third-order valence-electron chi connectivity index (χ3n) is 3.68. The van der Waals surface area contributed by atoms with Crippen molar-refractivity contribution in [2.75, 3.05) is 29.5 Å². The van der Waals surface area contributed by atoms with Gasteiger partial charge in [-0.3, -0.25) is 9.59 Å². The van der Waals surface area contributed by atoms with Crippen molar-refractivity contribution in [1.29, 1.82) is 0 Å². The van der Waals surface area contributed by atoms with Gasteiger partial charge in [0.25, 0.3) is 0 Å². The molecule has 2 aromatic rings. The minimum absolute atomic E-state index is 0.134. The first-order chi connectivity index (χ1) is 13.0. The van der Waals surface area contributed by atoms with Crippen molar-refractivity contribution in [3.63, 3.8) is 0 Å². The zero-order chi connectivity index (χ0) is 19.6. The molecule has 0 heterocycles. The first-order valence-corrected chi connectivity index (χ1v) is 9.74. The van der Waals surface area contributed by atoms with Crippen molar-refractivity contribution >= 4 is 35.0 Å². The minimum atomic E-state index is -0.359. The van der Waals surface area contributed by atoms with Crippen LogP contribution in [0.15, 0.2) is 48.5 Å². The molecule has 27 heavy (non-hydrogen) atoms. The third-order valence-corrected chi connectivity index (χ3v) is 4.82. The minimum Gasteiger partial charge on any atom is -0.492 e. The third kappa shape index (κ3) is 7.32. The normalized spacial score (nSPS) is 11.5. The van der Waals surface area contributed by atoms with Crippen molar-refractivity contribution < 1.29 is 14.3 Å². The van der Waals surface area contributed by atoms with E-state index in [1.807, 2.05) is 31.2 Å². The van der Waals surface area contributed by atoms with Crippen LogP contribution in [0.3, 0.4) is 0 Å². The maximum atomic E-state index is 12.3. The lowest BCUT2D eigenvalue weighted by molar-refractivity contribution is -0.115. The van der Waals surface area contributed by atoms with Crippen molar-refractivity contribution in [3.05, 3.63) is 54.1 Å². The Morgan fingerprint density at radius 2 is 1.63 bits per heavy atom. The van der Waals surface area contributed by atoms with Crippen LogP contribution in [-0.4, -0.2) is 36.0 Å². The number of hydrogen-bond donors (Lipinski definition) is 3. The molecule has 1 atom stereocenters. The number of ether oxygens (including phenoxy) is 1. The average Bonchev–Trinajstić information content (AvgIpc) is 2.67. The number of nitrogens with one attached hydrogen (secondary N) is 2. The lowest BCUT2D eigenvalue weighted by Gasteiger charge is -2.13. The van der Waals surface area contributed by atoms with Crippen molar-refractivity contribution in [2.24, 2.45) is 5.73 Å². The Bertz CT molecular complexity index is 748. The number of thioether (sulfide) groups is 1. The molecular weight excluding hydrogens is 362 g/mol. The summed E-state index contributed by atoms with van der Waals surface area (Å²) in [6.45, 7) is 4.66. The van der Waals surface area contributed by atoms with Gasteiger partial charge in [-0.05, 0) is 50.2 Å². The molecule has 0 aliphatic rings. The second-order valence-electron chi connectivity index (χ2n) is 6.02. The Labute approximate surface area is 163 Å². The summed E-state index contributed by atoms with van der Waals surface area (Å²) in [5.41, 5.74) is 7.95. The van der Waals surface area contributed by atoms with E-state index in [1.165, 1.54) is 11.8 Å². The van der Waals surface area contributed by atoms with E-state index in [1.54, 1.807) is 31.2 Å². The summed E-state index contributed by atoms with van der Waals surface area (Å²) < 4.78 is 5.40.